The predicted octanol–water partition coefficient (Wildman–Crippen LogP) is 2.37. The molecule has 0 atom stereocenters. The van der Waals surface area contributed by atoms with Crippen molar-refractivity contribution in [2.45, 2.75) is 51.2 Å². The fourth-order valence-corrected chi connectivity index (χ4v) is 3.18. The molecule has 0 unspecified atom stereocenters. The van der Waals surface area contributed by atoms with E-state index in [1.165, 1.54) is 10.4 Å². The second-order valence-corrected chi connectivity index (χ2v) is 5.91. The molecule has 1 heterocycles. The lowest BCUT2D eigenvalue weighted by molar-refractivity contribution is -0.126. The molecular weight excluding hydrogens is 234 g/mol. The molecular formula is C13H19NO2S. The van der Waals surface area contributed by atoms with Crippen molar-refractivity contribution >= 4 is 17.2 Å². The van der Waals surface area contributed by atoms with Crippen molar-refractivity contribution in [1.82, 2.24) is 5.32 Å². The Morgan fingerprint density at radius 3 is 2.82 bits per heavy atom. The van der Waals surface area contributed by atoms with E-state index in [1.54, 1.807) is 11.3 Å². The lowest BCUT2D eigenvalue weighted by Crippen LogP contribution is -2.34. The van der Waals surface area contributed by atoms with Crippen molar-refractivity contribution in [3.63, 3.8) is 0 Å². The molecule has 0 aromatic carbocycles. The second kappa shape index (κ2) is 5.19. The SMILES string of the molecule is Cc1ccsc1CNC(=O)CC1(O)CCCC1. The molecule has 0 spiro atoms. The summed E-state index contributed by atoms with van der Waals surface area (Å²) in [5, 5.41) is 15.0. The van der Waals surface area contributed by atoms with Gasteiger partial charge in [0.15, 0.2) is 0 Å². The van der Waals surface area contributed by atoms with Crippen molar-refractivity contribution in [2.75, 3.05) is 0 Å². The Hall–Kier alpha value is -0.870. The highest BCUT2D eigenvalue weighted by Crippen LogP contribution is 2.32. The molecule has 94 valence electrons. The van der Waals surface area contributed by atoms with Crippen LogP contribution in [0.4, 0.5) is 0 Å². The number of aliphatic hydroxyl groups is 1. The van der Waals surface area contributed by atoms with Crippen LogP contribution < -0.4 is 5.32 Å². The van der Waals surface area contributed by atoms with Gasteiger partial charge in [-0.1, -0.05) is 12.8 Å². The molecule has 1 aromatic rings. The zero-order valence-corrected chi connectivity index (χ0v) is 11.0. The highest BCUT2D eigenvalue weighted by molar-refractivity contribution is 7.10. The van der Waals surface area contributed by atoms with Crippen LogP contribution in [0, 0.1) is 6.92 Å². The Morgan fingerprint density at radius 2 is 2.24 bits per heavy atom. The summed E-state index contributed by atoms with van der Waals surface area (Å²) >= 11 is 1.66. The van der Waals surface area contributed by atoms with Gasteiger partial charge in [0.25, 0.3) is 0 Å². The largest absolute Gasteiger partial charge is 0.389 e. The van der Waals surface area contributed by atoms with Crippen LogP contribution in [0.5, 0.6) is 0 Å². The van der Waals surface area contributed by atoms with Gasteiger partial charge < -0.3 is 10.4 Å². The van der Waals surface area contributed by atoms with Crippen LogP contribution in [-0.4, -0.2) is 16.6 Å². The third-order valence-corrected chi connectivity index (χ3v) is 4.46. The molecule has 1 amide bonds. The van der Waals surface area contributed by atoms with Crippen LogP contribution in [0.3, 0.4) is 0 Å². The number of nitrogens with one attached hydrogen (secondary N) is 1. The maximum absolute atomic E-state index is 11.7. The van der Waals surface area contributed by atoms with E-state index in [2.05, 4.69) is 11.4 Å². The van der Waals surface area contributed by atoms with Crippen LogP contribution in [0.1, 0.15) is 42.5 Å². The van der Waals surface area contributed by atoms with Gasteiger partial charge in [-0.2, -0.15) is 0 Å². The number of rotatable bonds is 4. The summed E-state index contributed by atoms with van der Waals surface area (Å²) in [5.74, 6) is -0.0396. The van der Waals surface area contributed by atoms with Gasteiger partial charge in [-0.05, 0) is 36.8 Å². The summed E-state index contributed by atoms with van der Waals surface area (Å²) < 4.78 is 0. The number of aryl methyl sites for hydroxylation is 1. The van der Waals surface area contributed by atoms with E-state index in [9.17, 15) is 9.90 Å². The molecule has 0 aliphatic heterocycles. The minimum Gasteiger partial charge on any atom is -0.389 e. The molecule has 3 nitrogen and oxygen atoms in total. The van der Waals surface area contributed by atoms with Crippen molar-refractivity contribution in [1.29, 1.82) is 0 Å². The molecule has 0 radical (unpaired) electrons. The molecule has 1 saturated carbocycles. The standard InChI is InChI=1S/C13H19NO2S/c1-10-4-7-17-11(10)9-14-12(15)8-13(16)5-2-3-6-13/h4,7,16H,2-3,5-6,8-9H2,1H3,(H,14,15). The van der Waals surface area contributed by atoms with Gasteiger partial charge in [-0.15, -0.1) is 11.3 Å². The first-order valence-electron chi connectivity index (χ1n) is 6.11. The minimum atomic E-state index is -0.741. The summed E-state index contributed by atoms with van der Waals surface area (Å²) in [5.41, 5.74) is 0.476. The molecule has 2 rings (SSSR count). The third kappa shape index (κ3) is 3.30. The van der Waals surface area contributed by atoms with E-state index in [0.717, 1.165) is 25.7 Å². The Balaban J connectivity index is 1.80. The molecule has 1 aromatic heterocycles. The highest BCUT2D eigenvalue weighted by Gasteiger charge is 2.33. The first-order chi connectivity index (χ1) is 8.09. The van der Waals surface area contributed by atoms with Gasteiger partial charge in [0, 0.05) is 4.88 Å². The maximum atomic E-state index is 11.7. The summed E-state index contributed by atoms with van der Waals surface area (Å²) in [7, 11) is 0. The molecule has 2 N–H and O–H groups in total. The number of hydrogen-bond donors (Lipinski definition) is 2. The molecule has 17 heavy (non-hydrogen) atoms. The first-order valence-corrected chi connectivity index (χ1v) is 6.99. The molecule has 4 heteroatoms. The van der Waals surface area contributed by atoms with Crippen molar-refractivity contribution in [3.05, 3.63) is 21.9 Å². The van der Waals surface area contributed by atoms with Crippen LogP contribution in [0.2, 0.25) is 0 Å². The normalized spacial score (nSPS) is 18.2. The molecule has 1 fully saturated rings. The molecule has 0 bridgehead atoms. The summed E-state index contributed by atoms with van der Waals surface area (Å²) in [4.78, 5) is 12.9. The summed E-state index contributed by atoms with van der Waals surface area (Å²) in [6.45, 7) is 2.63. The van der Waals surface area contributed by atoms with E-state index < -0.39 is 5.60 Å². The van der Waals surface area contributed by atoms with E-state index >= 15 is 0 Å². The first kappa shape index (κ1) is 12.6. The average molecular weight is 253 g/mol. The van der Waals surface area contributed by atoms with Gasteiger partial charge in [0.05, 0.1) is 18.6 Å². The Bertz CT molecular complexity index is 394. The van der Waals surface area contributed by atoms with Crippen LogP contribution in [-0.2, 0) is 11.3 Å². The summed E-state index contributed by atoms with van der Waals surface area (Å²) in [6, 6.07) is 2.05. The topological polar surface area (TPSA) is 49.3 Å². The number of carbonyl (C=O) groups is 1. The zero-order chi connectivity index (χ0) is 12.3. The van der Waals surface area contributed by atoms with Crippen molar-refractivity contribution in [3.8, 4) is 0 Å². The second-order valence-electron chi connectivity index (χ2n) is 4.91. The highest BCUT2D eigenvalue weighted by atomic mass is 32.1. The van der Waals surface area contributed by atoms with Crippen LogP contribution in [0.15, 0.2) is 11.4 Å². The average Bonchev–Trinajstić information content (AvgIpc) is 2.85. The fourth-order valence-electron chi connectivity index (χ4n) is 2.34. The molecule has 1 aliphatic rings. The number of thiophene rings is 1. The van der Waals surface area contributed by atoms with E-state index in [-0.39, 0.29) is 12.3 Å². The Morgan fingerprint density at radius 1 is 1.53 bits per heavy atom. The lowest BCUT2D eigenvalue weighted by atomic mass is 9.98. The van der Waals surface area contributed by atoms with E-state index in [1.807, 2.05) is 12.3 Å². The smallest absolute Gasteiger partial charge is 0.223 e. The van der Waals surface area contributed by atoms with Gasteiger partial charge in [0.2, 0.25) is 5.91 Å². The van der Waals surface area contributed by atoms with E-state index in [4.69, 9.17) is 0 Å². The number of hydrogen-bond acceptors (Lipinski definition) is 3. The quantitative estimate of drug-likeness (QED) is 0.865. The molecule has 1 aliphatic carbocycles. The van der Waals surface area contributed by atoms with Gasteiger partial charge in [0.1, 0.15) is 0 Å². The minimum absolute atomic E-state index is 0.0396. The van der Waals surface area contributed by atoms with Crippen molar-refractivity contribution in [2.24, 2.45) is 0 Å². The number of carbonyl (C=O) groups excluding carboxylic acids is 1. The zero-order valence-electron chi connectivity index (χ0n) is 10.2. The monoisotopic (exact) mass is 253 g/mol. The van der Waals surface area contributed by atoms with E-state index in [0.29, 0.717) is 6.54 Å². The van der Waals surface area contributed by atoms with Crippen LogP contribution >= 0.6 is 11.3 Å². The number of amides is 1. The van der Waals surface area contributed by atoms with Gasteiger partial charge in [-0.3, -0.25) is 4.79 Å². The Kier molecular flexibility index (Phi) is 3.84. The fraction of sp³-hybridized carbons (Fsp3) is 0.615. The Labute approximate surface area is 106 Å². The predicted molar refractivity (Wildman–Crippen MR) is 68.9 cm³/mol. The molecule has 0 saturated heterocycles. The lowest BCUT2D eigenvalue weighted by Gasteiger charge is -2.21. The van der Waals surface area contributed by atoms with Gasteiger partial charge >= 0.3 is 0 Å². The van der Waals surface area contributed by atoms with Crippen molar-refractivity contribution < 1.29 is 9.90 Å². The summed E-state index contributed by atoms with van der Waals surface area (Å²) in [6.07, 6.45) is 3.84. The maximum Gasteiger partial charge on any atom is 0.223 e. The van der Waals surface area contributed by atoms with Gasteiger partial charge in [-0.25, -0.2) is 0 Å². The third-order valence-electron chi connectivity index (χ3n) is 3.44. The van der Waals surface area contributed by atoms with Crippen LogP contribution in [0.25, 0.3) is 0 Å².